The van der Waals surface area contributed by atoms with Gasteiger partial charge in [0, 0.05) is 10.0 Å². The standard InChI is InChI=1S/C17H17BrO2/c1-19-17-10-9-16(18)12-15(17)13-20-11-5-8-14-6-3-2-4-7-14/h2-10,12H,11,13H2,1H3. The zero-order valence-corrected chi connectivity index (χ0v) is 13.0. The van der Waals surface area contributed by atoms with Crippen molar-refractivity contribution in [3.8, 4) is 5.75 Å². The van der Waals surface area contributed by atoms with E-state index in [1.54, 1.807) is 7.11 Å². The van der Waals surface area contributed by atoms with Gasteiger partial charge in [0.05, 0.1) is 20.3 Å². The molecule has 0 aromatic heterocycles. The topological polar surface area (TPSA) is 18.5 Å². The maximum absolute atomic E-state index is 5.65. The number of halogens is 1. The fraction of sp³-hybridized carbons (Fsp3) is 0.176. The fourth-order valence-electron chi connectivity index (χ4n) is 1.85. The van der Waals surface area contributed by atoms with Gasteiger partial charge in [0.15, 0.2) is 0 Å². The van der Waals surface area contributed by atoms with Crippen LogP contribution in [0.4, 0.5) is 0 Å². The van der Waals surface area contributed by atoms with Gasteiger partial charge in [-0.1, -0.05) is 58.4 Å². The molecule has 0 N–H and O–H groups in total. The third-order valence-electron chi connectivity index (χ3n) is 2.82. The summed E-state index contributed by atoms with van der Waals surface area (Å²) in [5, 5.41) is 0. The molecule has 3 heteroatoms. The first-order chi connectivity index (χ1) is 9.79. The second-order valence-corrected chi connectivity index (χ2v) is 5.20. The quantitative estimate of drug-likeness (QED) is 0.714. The summed E-state index contributed by atoms with van der Waals surface area (Å²) in [5.74, 6) is 0.847. The lowest BCUT2D eigenvalue weighted by Crippen LogP contribution is -1.96. The molecular formula is C17H17BrO2. The third-order valence-corrected chi connectivity index (χ3v) is 3.32. The summed E-state index contributed by atoms with van der Waals surface area (Å²) < 4.78 is 12.0. The lowest BCUT2D eigenvalue weighted by Gasteiger charge is -2.08. The van der Waals surface area contributed by atoms with Gasteiger partial charge in [-0.05, 0) is 23.8 Å². The number of methoxy groups -OCH3 is 1. The molecular weight excluding hydrogens is 316 g/mol. The summed E-state index contributed by atoms with van der Waals surface area (Å²) in [6, 6.07) is 16.1. The van der Waals surface area contributed by atoms with Crippen LogP contribution in [0.3, 0.4) is 0 Å². The SMILES string of the molecule is COc1ccc(Br)cc1COCC=Cc1ccccc1. The molecule has 0 amide bonds. The average molecular weight is 333 g/mol. The van der Waals surface area contributed by atoms with Crippen molar-refractivity contribution in [2.24, 2.45) is 0 Å². The van der Waals surface area contributed by atoms with Gasteiger partial charge in [-0.25, -0.2) is 0 Å². The van der Waals surface area contributed by atoms with Gasteiger partial charge in [-0.3, -0.25) is 0 Å². The molecule has 0 radical (unpaired) electrons. The molecule has 0 aliphatic heterocycles. The Morgan fingerprint density at radius 1 is 1.10 bits per heavy atom. The van der Waals surface area contributed by atoms with Crippen LogP contribution in [0.1, 0.15) is 11.1 Å². The van der Waals surface area contributed by atoms with E-state index < -0.39 is 0 Å². The van der Waals surface area contributed by atoms with Crippen molar-refractivity contribution in [1.29, 1.82) is 0 Å². The predicted molar refractivity (Wildman–Crippen MR) is 85.8 cm³/mol. The van der Waals surface area contributed by atoms with Gasteiger partial charge in [0.2, 0.25) is 0 Å². The largest absolute Gasteiger partial charge is 0.496 e. The molecule has 0 aliphatic rings. The maximum Gasteiger partial charge on any atom is 0.124 e. The van der Waals surface area contributed by atoms with Gasteiger partial charge < -0.3 is 9.47 Å². The van der Waals surface area contributed by atoms with E-state index in [0.717, 1.165) is 15.8 Å². The maximum atomic E-state index is 5.65. The number of hydrogen-bond acceptors (Lipinski definition) is 2. The Hall–Kier alpha value is -1.58. The van der Waals surface area contributed by atoms with Gasteiger partial charge in [0.25, 0.3) is 0 Å². The van der Waals surface area contributed by atoms with Gasteiger partial charge in [0.1, 0.15) is 5.75 Å². The highest BCUT2D eigenvalue weighted by Crippen LogP contribution is 2.23. The molecule has 20 heavy (non-hydrogen) atoms. The Kier molecular flexibility index (Phi) is 5.84. The Labute approximate surface area is 128 Å². The first kappa shape index (κ1) is 14.8. The van der Waals surface area contributed by atoms with Gasteiger partial charge in [-0.2, -0.15) is 0 Å². The summed E-state index contributed by atoms with van der Waals surface area (Å²) in [7, 11) is 1.67. The van der Waals surface area contributed by atoms with Crippen LogP contribution in [-0.2, 0) is 11.3 Å². The molecule has 0 aliphatic carbocycles. The minimum Gasteiger partial charge on any atom is -0.496 e. The molecule has 2 aromatic carbocycles. The monoisotopic (exact) mass is 332 g/mol. The van der Waals surface area contributed by atoms with Crippen molar-refractivity contribution in [1.82, 2.24) is 0 Å². The second kappa shape index (κ2) is 7.88. The Bertz CT molecular complexity index is 564. The normalized spacial score (nSPS) is 10.9. The molecule has 0 saturated carbocycles. The van der Waals surface area contributed by atoms with Crippen molar-refractivity contribution in [3.05, 3.63) is 70.2 Å². The van der Waals surface area contributed by atoms with Gasteiger partial charge >= 0.3 is 0 Å². The average Bonchev–Trinajstić information content (AvgIpc) is 2.48. The van der Waals surface area contributed by atoms with Crippen LogP contribution in [0.5, 0.6) is 5.75 Å². The van der Waals surface area contributed by atoms with Crippen LogP contribution in [-0.4, -0.2) is 13.7 Å². The molecule has 0 saturated heterocycles. The van der Waals surface area contributed by atoms with Crippen LogP contribution in [0, 0.1) is 0 Å². The molecule has 0 heterocycles. The summed E-state index contributed by atoms with van der Waals surface area (Å²) in [6.07, 6.45) is 4.07. The molecule has 0 spiro atoms. The third kappa shape index (κ3) is 4.51. The molecule has 2 rings (SSSR count). The second-order valence-electron chi connectivity index (χ2n) is 4.28. The van der Waals surface area contributed by atoms with Crippen LogP contribution in [0.15, 0.2) is 59.1 Å². The summed E-state index contributed by atoms with van der Waals surface area (Å²) in [5.41, 5.74) is 2.21. The van der Waals surface area contributed by atoms with E-state index in [4.69, 9.17) is 9.47 Å². The first-order valence-electron chi connectivity index (χ1n) is 6.41. The zero-order valence-electron chi connectivity index (χ0n) is 11.4. The molecule has 0 fully saturated rings. The Balaban J connectivity index is 1.84. The number of benzene rings is 2. The number of rotatable bonds is 6. The smallest absolute Gasteiger partial charge is 0.124 e. The van der Waals surface area contributed by atoms with E-state index in [1.807, 2.05) is 42.5 Å². The van der Waals surface area contributed by atoms with Crippen LogP contribution < -0.4 is 4.74 Å². The zero-order chi connectivity index (χ0) is 14.2. The first-order valence-corrected chi connectivity index (χ1v) is 7.20. The number of ether oxygens (including phenoxy) is 2. The van der Waals surface area contributed by atoms with E-state index in [-0.39, 0.29) is 0 Å². The van der Waals surface area contributed by atoms with Crippen molar-refractivity contribution < 1.29 is 9.47 Å². The highest BCUT2D eigenvalue weighted by Gasteiger charge is 2.03. The highest BCUT2D eigenvalue weighted by molar-refractivity contribution is 9.10. The van der Waals surface area contributed by atoms with Crippen LogP contribution >= 0.6 is 15.9 Å². The lowest BCUT2D eigenvalue weighted by atomic mass is 10.2. The molecule has 0 bridgehead atoms. The Morgan fingerprint density at radius 3 is 2.65 bits per heavy atom. The molecule has 2 nitrogen and oxygen atoms in total. The summed E-state index contributed by atoms with van der Waals surface area (Å²) in [4.78, 5) is 0. The van der Waals surface area contributed by atoms with E-state index in [0.29, 0.717) is 13.2 Å². The molecule has 2 aromatic rings. The molecule has 104 valence electrons. The molecule has 0 unspecified atom stereocenters. The highest BCUT2D eigenvalue weighted by atomic mass is 79.9. The summed E-state index contributed by atoms with van der Waals surface area (Å²) >= 11 is 3.45. The minimum absolute atomic E-state index is 0.530. The van der Waals surface area contributed by atoms with E-state index in [2.05, 4.69) is 34.1 Å². The van der Waals surface area contributed by atoms with Crippen LogP contribution in [0.2, 0.25) is 0 Å². The number of hydrogen-bond donors (Lipinski definition) is 0. The molecule has 0 atom stereocenters. The van der Waals surface area contributed by atoms with Gasteiger partial charge in [-0.15, -0.1) is 0 Å². The summed E-state index contributed by atoms with van der Waals surface area (Å²) in [6.45, 7) is 1.10. The van der Waals surface area contributed by atoms with Crippen molar-refractivity contribution in [2.45, 2.75) is 6.61 Å². The van der Waals surface area contributed by atoms with E-state index in [1.165, 1.54) is 5.56 Å². The van der Waals surface area contributed by atoms with E-state index >= 15 is 0 Å². The Morgan fingerprint density at radius 2 is 1.90 bits per heavy atom. The van der Waals surface area contributed by atoms with Crippen LogP contribution in [0.25, 0.3) is 6.08 Å². The lowest BCUT2D eigenvalue weighted by molar-refractivity contribution is 0.146. The van der Waals surface area contributed by atoms with E-state index in [9.17, 15) is 0 Å². The predicted octanol–water partition coefficient (Wildman–Crippen LogP) is 4.69. The van der Waals surface area contributed by atoms with Crippen molar-refractivity contribution >= 4 is 22.0 Å². The fourth-order valence-corrected chi connectivity index (χ4v) is 2.25. The minimum atomic E-state index is 0.530. The van der Waals surface area contributed by atoms with Crippen molar-refractivity contribution in [3.63, 3.8) is 0 Å². The van der Waals surface area contributed by atoms with Crippen molar-refractivity contribution in [2.75, 3.05) is 13.7 Å².